The molecule has 0 aromatic heterocycles. The Morgan fingerprint density at radius 2 is 2.14 bits per heavy atom. The van der Waals surface area contributed by atoms with E-state index in [1.807, 2.05) is 0 Å². The fraction of sp³-hybridized carbons (Fsp3) is 0.143. The maximum atomic E-state index is 12.4. The minimum absolute atomic E-state index is 0.195. The molecule has 1 heterocycles. The molecular weight excluding hydrogens is 312 g/mol. The fourth-order valence-electron chi connectivity index (χ4n) is 2.11. The van der Waals surface area contributed by atoms with Gasteiger partial charge in [-0.05, 0) is 18.2 Å². The number of rotatable bonds is 3. The van der Waals surface area contributed by atoms with Gasteiger partial charge in [-0.3, -0.25) is 14.5 Å². The van der Waals surface area contributed by atoms with Crippen molar-refractivity contribution in [2.75, 3.05) is 18.6 Å². The summed E-state index contributed by atoms with van der Waals surface area (Å²) in [5.74, 6) is -2.97. The molecule has 1 aliphatic rings. The number of carboxylic acids is 1. The molecule has 112 valence electrons. The molecule has 22 heavy (non-hydrogen) atoms. The predicted octanol–water partition coefficient (Wildman–Crippen LogP) is 1.22. The molecule has 0 saturated heterocycles. The number of amides is 1. The van der Waals surface area contributed by atoms with Gasteiger partial charge in [-0.25, -0.2) is 4.79 Å². The molecule has 2 rings (SSSR count). The van der Waals surface area contributed by atoms with Crippen LogP contribution in [0.1, 0.15) is 5.56 Å². The Balaban J connectivity index is 2.68. The van der Waals surface area contributed by atoms with Crippen LogP contribution in [0.3, 0.4) is 0 Å². The zero-order chi connectivity index (χ0) is 16.4. The Kier molecular flexibility index (Phi) is 4.15. The topological polar surface area (TPSA) is 108 Å². The maximum absolute atomic E-state index is 12.4. The fourth-order valence-corrected chi connectivity index (χ4v) is 2.28. The monoisotopic (exact) mass is 320 g/mol. The number of hydrogen-bond donors (Lipinski definition) is 1. The van der Waals surface area contributed by atoms with Gasteiger partial charge in [0.25, 0.3) is 5.91 Å². The Morgan fingerprint density at radius 3 is 2.68 bits per heavy atom. The molecule has 0 radical (unpaired) electrons. The van der Waals surface area contributed by atoms with E-state index in [1.54, 1.807) is 0 Å². The summed E-state index contributed by atoms with van der Waals surface area (Å²) in [6.45, 7) is -0.397. The lowest BCUT2D eigenvalue weighted by atomic mass is 10.0. The molecule has 1 N–H and O–H groups in total. The zero-order valence-electron chi connectivity index (χ0n) is 11.3. The van der Waals surface area contributed by atoms with Crippen molar-refractivity contribution in [2.45, 2.75) is 0 Å². The summed E-state index contributed by atoms with van der Waals surface area (Å²) < 4.78 is 4.51. The summed E-state index contributed by atoms with van der Waals surface area (Å²) in [7, 11) is 1.17. The van der Waals surface area contributed by atoms with Crippen molar-refractivity contribution in [3.63, 3.8) is 0 Å². The number of hydrogen-bond acceptors (Lipinski definition) is 5. The molecule has 0 aliphatic carbocycles. The van der Waals surface area contributed by atoms with Crippen LogP contribution in [-0.4, -0.2) is 36.6 Å². The molecule has 1 aromatic rings. The van der Waals surface area contributed by atoms with Crippen molar-refractivity contribution < 1.29 is 24.2 Å². The summed E-state index contributed by atoms with van der Waals surface area (Å²) in [6.07, 6.45) is 0. The normalized spacial score (nSPS) is 15.1. The first-order valence-corrected chi connectivity index (χ1v) is 6.34. The van der Waals surface area contributed by atoms with Crippen molar-refractivity contribution in [3.8, 4) is 6.07 Å². The number of aliphatic carboxylic acids is 1. The van der Waals surface area contributed by atoms with Gasteiger partial charge in [-0.2, -0.15) is 5.26 Å². The van der Waals surface area contributed by atoms with Gasteiger partial charge in [-0.1, -0.05) is 11.6 Å². The van der Waals surface area contributed by atoms with Crippen LogP contribution in [0.2, 0.25) is 5.02 Å². The number of halogens is 1. The Hall–Kier alpha value is -2.85. The number of carbonyl (C=O) groups is 3. The van der Waals surface area contributed by atoms with Crippen LogP contribution in [-0.2, 0) is 19.1 Å². The number of nitrogens with zero attached hydrogens (tertiary/aromatic N) is 2. The first-order valence-electron chi connectivity index (χ1n) is 5.97. The highest BCUT2D eigenvalue weighted by Gasteiger charge is 2.37. The first kappa shape index (κ1) is 15.5. The smallest absolute Gasteiger partial charge is 0.347 e. The van der Waals surface area contributed by atoms with Crippen LogP contribution < -0.4 is 4.90 Å². The van der Waals surface area contributed by atoms with E-state index in [9.17, 15) is 14.4 Å². The Labute approximate surface area is 130 Å². The maximum Gasteiger partial charge on any atom is 0.347 e. The SMILES string of the molecule is COC(=O)CN1C(=O)/C(=C(/C#N)C(=O)O)c2cc(Cl)ccc21. The van der Waals surface area contributed by atoms with Gasteiger partial charge in [0.05, 0.1) is 18.4 Å². The summed E-state index contributed by atoms with van der Waals surface area (Å²) >= 11 is 5.87. The predicted molar refractivity (Wildman–Crippen MR) is 76.0 cm³/mol. The number of carboxylic acid groups (broad SMARTS) is 1. The van der Waals surface area contributed by atoms with Gasteiger partial charge in [-0.15, -0.1) is 0 Å². The van der Waals surface area contributed by atoms with E-state index in [4.69, 9.17) is 22.0 Å². The molecule has 0 bridgehead atoms. The van der Waals surface area contributed by atoms with Crippen molar-refractivity contribution in [1.29, 1.82) is 5.26 Å². The summed E-state index contributed by atoms with van der Waals surface area (Å²) in [6, 6.07) is 5.84. The third-order valence-electron chi connectivity index (χ3n) is 3.07. The number of fused-ring (bicyclic) bond motifs is 1. The zero-order valence-corrected chi connectivity index (χ0v) is 12.0. The molecule has 8 heteroatoms. The van der Waals surface area contributed by atoms with E-state index < -0.39 is 30.0 Å². The van der Waals surface area contributed by atoms with Crippen molar-refractivity contribution in [2.24, 2.45) is 0 Å². The standard InChI is InChI=1S/C14H9ClN2O5/c1-22-11(18)6-17-10-3-2-7(15)4-8(10)12(13(17)19)9(5-16)14(20)21/h2-4H,6H2,1H3,(H,20,21)/b12-9-. The third kappa shape index (κ3) is 2.52. The summed E-state index contributed by atoms with van der Waals surface area (Å²) in [5, 5.41) is 18.4. The van der Waals surface area contributed by atoms with Gasteiger partial charge in [0.1, 0.15) is 12.6 Å². The second kappa shape index (κ2) is 5.87. The minimum Gasteiger partial charge on any atom is -0.477 e. The van der Waals surface area contributed by atoms with E-state index in [-0.39, 0.29) is 16.2 Å². The molecule has 1 aliphatic heterocycles. The average molecular weight is 321 g/mol. The second-order valence-corrected chi connectivity index (χ2v) is 4.73. The lowest BCUT2D eigenvalue weighted by Gasteiger charge is -2.15. The lowest BCUT2D eigenvalue weighted by molar-refractivity contribution is -0.139. The van der Waals surface area contributed by atoms with E-state index in [0.29, 0.717) is 5.69 Å². The van der Waals surface area contributed by atoms with Gasteiger partial charge >= 0.3 is 11.9 Å². The highest BCUT2D eigenvalue weighted by molar-refractivity contribution is 6.38. The molecule has 0 atom stereocenters. The van der Waals surface area contributed by atoms with Crippen LogP contribution in [0.25, 0.3) is 5.57 Å². The number of benzene rings is 1. The van der Waals surface area contributed by atoms with Crippen molar-refractivity contribution in [1.82, 2.24) is 0 Å². The van der Waals surface area contributed by atoms with E-state index >= 15 is 0 Å². The average Bonchev–Trinajstić information content (AvgIpc) is 2.73. The van der Waals surface area contributed by atoms with Gasteiger partial charge in [0, 0.05) is 10.6 Å². The van der Waals surface area contributed by atoms with Gasteiger partial charge < -0.3 is 9.84 Å². The van der Waals surface area contributed by atoms with Gasteiger partial charge in [0.2, 0.25) is 0 Å². The molecule has 0 unspecified atom stereocenters. The number of ether oxygens (including phenoxy) is 1. The third-order valence-corrected chi connectivity index (χ3v) is 3.30. The van der Waals surface area contributed by atoms with Crippen LogP contribution in [0.4, 0.5) is 5.69 Å². The minimum atomic E-state index is -1.53. The highest BCUT2D eigenvalue weighted by Crippen LogP contribution is 2.39. The summed E-state index contributed by atoms with van der Waals surface area (Å²) in [4.78, 5) is 36.1. The first-order chi connectivity index (χ1) is 10.4. The van der Waals surface area contributed by atoms with Crippen molar-refractivity contribution in [3.05, 3.63) is 34.4 Å². The Bertz CT molecular complexity index is 763. The quantitative estimate of drug-likeness (QED) is 0.509. The lowest BCUT2D eigenvalue weighted by Crippen LogP contribution is -2.33. The van der Waals surface area contributed by atoms with E-state index in [0.717, 1.165) is 4.90 Å². The van der Waals surface area contributed by atoms with Crippen LogP contribution in [0, 0.1) is 11.3 Å². The largest absolute Gasteiger partial charge is 0.477 e. The number of carbonyl (C=O) groups excluding carboxylic acids is 2. The number of esters is 1. The van der Waals surface area contributed by atoms with Gasteiger partial charge in [0.15, 0.2) is 5.57 Å². The Morgan fingerprint density at radius 1 is 1.45 bits per heavy atom. The van der Waals surface area contributed by atoms with Crippen molar-refractivity contribution >= 4 is 40.7 Å². The highest BCUT2D eigenvalue weighted by atomic mass is 35.5. The van der Waals surface area contributed by atoms with E-state index in [2.05, 4.69) is 4.74 Å². The number of anilines is 1. The number of methoxy groups -OCH3 is 1. The van der Waals surface area contributed by atoms with Crippen LogP contribution in [0.5, 0.6) is 0 Å². The molecule has 0 spiro atoms. The molecule has 1 aromatic carbocycles. The van der Waals surface area contributed by atoms with Crippen LogP contribution in [0.15, 0.2) is 23.8 Å². The molecule has 7 nitrogen and oxygen atoms in total. The second-order valence-electron chi connectivity index (χ2n) is 4.30. The van der Waals surface area contributed by atoms with E-state index in [1.165, 1.54) is 31.4 Å². The molecule has 0 fully saturated rings. The number of nitriles is 1. The molecule has 1 amide bonds. The van der Waals surface area contributed by atoms with Crippen LogP contribution >= 0.6 is 11.6 Å². The molecule has 0 saturated carbocycles. The summed E-state index contributed by atoms with van der Waals surface area (Å²) in [5.41, 5.74) is -0.513. The molecular formula is C14H9ClN2O5.